The third-order valence-electron chi connectivity index (χ3n) is 3.84. The van der Waals surface area contributed by atoms with Gasteiger partial charge in [-0.25, -0.2) is 9.18 Å². The molecule has 0 aromatic heterocycles. The van der Waals surface area contributed by atoms with E-state index < -0.39 is 20.1 Å². The molecule has 0 aliphatic heterocycles. The molecular weight excluding hydrogens is 327 g/mol. The summed E-state index contributed by atoms with van der Waals surface area (Å²) < 4.78 is 25.0. The number of aromatic carboxylic acids is 1. The van der Waals surface area contributed by atoms with Crippen LogP contribution >= 0.6 is 11.6 Å². The number of halogens is 2. The molecule has 0 radical (unpaired) electrons. The molecule has 1 aromatic rings. The van der Waals surface area contributed by atoms with Crippen LogP contribution in [0.25, 0.3) is 0 Å². The van der Waals surface area contributed by atoms with Crippen molar-refractivity contribution in [1.82, 2.24) is 0 Å². The maximum atomic E-state index is 13.8. The number of benzene rings is 1. The zero-order valence-electron chi connectivity index (χ0n) is 13.5. The summed E-state index contributed by atoms with van der Waals surface area (Å²) in [6, 6.07) is 2.05. The fourth-order valence-electron chi connectivity index (χ4n) is 1.48. The maximum Gasteiger partial charge on any atom is 0.335 e. The lowest BCUT2D eigenvalue weighted by Gasteiger charge is -2.36. The van der Waals surface area contributed by atoms with E-state index >= 15 is 0 Å². The van der Waals surface area contributed by atoms with Crippen molar-refractivity contribution in [2.24, 2.45) is 0 Å². The lowest BCUT2D eigenvalue weighted by atomic mass is 10.2. The predicted octanol–water partition coefficient (Wildman–Crippen LogP) is 4.58. The Labute approximate surface area is 136 Å². The highest BCUT2D eigenvalue weighted by molar-refractivity contribution is 6.74. The topological polar surface area (TPSA) is 55.8 Å². The Morgan fingerprint density at radius 2 is 1.91 bits per heavy atom. The number of ether oxygens (including phenoxy) is 1. The van der Waals surface area contributed by atoms with Crippen LogP contribution in [0.1, 0.15) is 31.1 Å². The summed E-state index contributed by atoms with van der Waals surface area (Å²) in [5.41, 5.74) is -0.215. The quantitative estimate of drug-likeness (QED) is 0.604. The minimum absolute atomic E-state index is 0.0651. The Hall–Kier alpha value is -1.11. The zero-order chi connectivity index (χ0) is 17.1. The lowest BCUT2D eigenvalue weighted by molar-refractivity contribution is 0.0696. The standard InChI is InChI=1S/C15H22ClFO4Si/c1-15(2,3)22(4,5)21-7-6-20-13-11(16)8-10(14(18)19)9-12(13)17/h8-9H,6-7H2,1-5H3,(H,18,19). The van der Waals surface area contributed by atoms with Gasteiger partial charge < -0.3 is 14.3 Å². The number of hydrogen-bond donors (Lipinski definition) is 1. The molecule has 0 saturated heterocycles. The molecule has 0 fully saturated rings. The fourth-order valence-corrected chi connectivity index (χ4v) is 2.77. The molecule has 0 aliphatic carbocycles. The van der Waals surface area contributed by atoms with Gasteiger partial charge in [0.05, 0.1) is 17.2 Å². The van der Waals surface area contributed by atoms with Gasteiger partial charge in [0.15, 0.2) is 19.9 Å². The van der Waals surface area contributed by atoms with Crippen molar-refractivity contribution in [3.63, 3.8) is 0 Å². The maximum absolute atomic E-state index is 13.8. The molecule has 0 aliphatic rings. The number of hydrogen-bond acceptors (Lipinski definition) is 3. The van der Waals surface area contributed by atoms with Crippen molar-refractivity contribution >= 4 is 25.9 Å². The summed E-state index contributed by atoms with van der Waals surface area (Å²) in [6.45, 7) is 11.1. The molecule has 22 heavy (non-hydrogen) atoms. The molecule has 0 amide bonds. The van der Waals surface area contributed by atoms with Gasteiger partial charge in [-0.1, -0.05) is 32.4 Å². The van der Waals surface area contributed by atoms with E-state index in [1.165, 1.54) is 0 Å². The van der Waals surface area contributed by atoms with E-state index in [9.17, 15) is 9.18 Å². The molecule has 0 saturated carbocycles. The largest absolute Gasteiger partial charge is 0.487 e. The van der Waals surface area contributed by atoms with Gasteiger partial charge >= 0.3 is 5.97 Å². The van der Waals surface area contributed by atoms with Crippen LogP contribution in [0, 0.1) is 5.82 Å². The van der Waals surface area contributed by atoms with E-state index in [0.717, 1.165) is 12.1 Å². The summed E-state index contributed by atoms with van der Waals surface area (Å²) in [5, 5.41) is 8.84. The molecule has 1 rings (SSSR count). The predicted molar refractivity (Wildman–Crippen MR) is 87.0 cm³/mol. The van der Waals surface area contributed by atoms with Crippen molar-refractivity contribution in [2.75, 3.05) is 13.2 Å². The lowest BCUT2D eigenvalue weighted by Crippen LogP contribution is -2.41. The monoisotopic (exact) mass is 348 g/mol. The molecule has 1 aromatic carbocycles. The molecule has 0 atom stereocenters. The molecule has 7 heteroatoms. The van der Waals surface area contributed by atoms with E-state index in [-0.39, 0.29) is 28.0 Å². The van der Waals surface area contributed by atoms with Crippen LogP contribution in [-0.4, -0.2) is 32.6 Å². The Morgan fingerprint density at radius 3 is 2.36 bits per heavy atom. The van der Waals surface area contributed by atoms with Crippen LogP contribution in [0.15, 0.2) is 12.1 Å². The Morgan fingerprint density at radius 1 is 1.32 bits per heavy atom. The Bertz CT molecular complexity index is 532. The second-order valence-corrected chi connectivity index (χ2v) is 11.7. The van der Waals surface area contributed by atoms with E-state index in [4.69, 9.17) is 25.9 Å². The average Bonchev–Trinajstić information content (AvgIpc) is 2.35. The number of carbonyl (C=O) groups is 1. The van der Waals surface area contributed by atoms with Crippen molar-refractivity contribution < 1.29 is 23.5 Å². The van der Waals surface area contributed by atoms with Gasteiger partial charge in [0.2, 0.25) is 0 Å². The molecule has 124 valence electrons. The number of carboxylic acids is 1. The summed E-state index contributed by atoms with van der Waals surface area (Å²) in [4.78, 5) is 10.8. The Balaban J connectivity index is 2.65. The van der Waals surface area contributed by atoms with Crippen LogP contribution in [0.3, 0.4) is 0 Å². The van der Waals surface area contributed by atoms with Crippen molar-refractivity contribution in [2.45, 2.75) is 38.9 Å². The first-order valence-corrected chi connectivity index (χ1v) is 10.2. The Kier molecular flexibility index (Phi) is 6.00. The summed E-state index contributed by atoms with van der Waals surface area (Å²) in [6.07, 6.45) is 0. The molecule has 0 bridgehead atoms. The smallest absolute Gasteiger partial charge is 0.335 e. The molecule has 1 N–H and O–H groups in total. The van der Waals surface area contributed by atoms with Crippen LogP contribution < -0.4 is 4.74 Å². The fraction of sp³-hybridized carbons (Fsp3) is 0.533. The minimum atomic E-state index is -1.88. The third kappa shape index (κ3) is 4.69. The van der Waals surface area contributed by atoms with Gasteiger partial charge in [0.25, 0.3) is 0 Å². The zero-order valence-corrected chi connectivity index (χ0v) is 15.3. The first-order chi connectivity index (χ1) is 9.95. The SMILES string of the molecule is CC(C)(C)[Si](C)(C)OCCOc1c(F)cc(C(=O)O)cc1Cl. The second kappa shape index (κ2) is 6.98. The molecule has 0 spiro atoms. The highest BCUT2D eigenvalue weighted by atomic mass is 35.5. The first-order valence-electron chi connectivity index (χ1n) is 6.95. The van der Waals surface area contributed by atoms with Crippen LogP contribution in [0.2, 0.25) is 23.2 Å². The number of rotatable bonds is 6. The summed E-state index contributed by atoms with van der Waals surface area (Å²) >= 11 is 5.86. The van der Waals surface area contributed by atoms with Gasteiger partial charge in [-0.15, -0.1) is 0 Å². The van der Waals surface area contributed by atoms with Gasteiger partial charge in [0.1, 0.15) is 6.61 Å². The van der Waals surface area contributed by atoms with E-state index in [1.54, 1.807) is 0 Å². The molecule has 0 unspecified atom stereocenters. The highest BCUT2D eigenvalue weighted by Gasteiger charge is 2.36. The van der Waals surface area contributed by atoms with Crippen molar-refractivity contribution in [3.8, 4) is 5.75 Å². The van der Waals surface area contributed by atoms with Gasteiger partial charge in [0, 0.05) is 0 Å². The van der Waals surface area contributed by atoms with Crippen LogP contribution in [-0.2, 0) is 4.43 Å². The summed E-state index contributed by atoms with van der Waals surface area (Å²) in [5.74, 6) is -2.18. The van der Waals surface area contributed by atoms with Crippen molar-refractivity contribution in [3.05, 3.63) is 28.5 Å². The summed E-state index contributed by atoms with van der Waals surface area (Å²) in [7, 11) is -1.88. The van der Waals surface area contributed by atoms with Crippen LogP contribution in [0.4, 0.5) is 4.39 Å². The average molecular weight is 349 g/mol. The van der Waals surface area contributed by atoms with E-state index in [2.05, 4.69) is 33.9 Å². The third-order valence-corrected chi connectivity index (χ3v) is 8.66. The molecule has 4 nitrogen and oxygen atoms in total. The molecule has 0 heterocycles. The normalized spacial score (nSPS) is 12.3. The van der Waals surface area contributed by atoms with E-state index in [0.29, 0.717) is 6.61 Å². The van der Waals surface area contributed by atoms with Gasteiger partial charge in [-0.05, 0) is 30.3 Å². The van der Waals surface area contributed by atoms with Gasteiger partial charge in [-0.3, -0.25) is 0 Å². The molecular formula is C15H22ClFO4Si. The highest BCUT2D eigenvalue weighted by Crippen LogP contribution is 2.36. The number of carboxylic acid groups (broad SMARTS) is 1. The van der Waals surface area contributed by atoms with E-state index in [1.807, 2.05) is 0 Å². The second-order valence-electron chi connectivity index (χ2n) is 6.53. The first kappa shape index (κ1) is 18.9. The van der Waals surface area contributed by atoms with Crippen LogP contribution in [0.5, 0.6) is 5.75 Å². The van der Waals surface area contributed by atoms with Gasteiger partial charge in [-0.2, -0.15) is 0 Å². The van der Waals surface area contributed by atoms with Crippen molar-refractivity contribution in [1.29, 1.82) is 0 Å². The minimum Gasteiger partial charge on any atom is -0.487 e.